The van der Waals surface area contributed by atoms with E-state index in [0.717, 1.165) is 0 Å². The Hall–Kier alpha value is -0.433. The van der Waals surface area contributed by atoms with Crippen molar-refractivity contribution in [3.8, 4) is 0 Å². The van der Waals surface area contributed by atoms with E-state index in [1.165, 1.54) is 10.7 Å². The summed E-state index contributed by atoms with van der Waals surface area (Å²) in [5, 5.41) is 1.43. The van der Waals surface area contributed by atoms with E-state index < -0.39 is 0 Å². The molecule has 0 aromatic heterocycles. The third-order valence-electron chi connectivity index (χ3n) is 1.37. The van der Waals surface area contributed by atoms with E-state index in [0.29, 0.717) is 0 Å². The lowest BCUT2D eigenvalue weighted by molar-refractivity contribution is 1.57. The molecule has 9 heavy (non-hydrogen) atoms. The highest BCUT2D eigenvalue weighted by molar-refractivity contribution is 6.72. The van der Waals surface area contributed by atoms with Gasteiger partial charge in [-0.05, 0) is 18.2 Å². The van der Waals surface area contributed by atoms with Gasteiger partial charge >= 0.3 is 0 Å². The van der Waals surface area contributed by atoms with Gasteiger partial charge in [0.1, 0.15) is 0 Å². The first kappa shape index (κ1) is 6.68. The molecule has 0 aromatic rings. The van der Waals surface area contributed by atoms with Crippen molar-refractivity contribution in [1.82, 2.24) is 0 Å². The number of rotatable bonds is 0. The molecule has 1 radical (unpaired) electrons. The molecule has 0 amide bonds. The van der Waals surface area contributed by atoms with Crippen LogP contribution in [0.2, 0.25) is 13.1 Å². The van der Waals surface area contributed by atoms with Gasteiger partial charge in [-0.15, -0.1) is 0 Å². The molecule has 1 aliphatic carbocycles. The molecule has 0 heterocycles. The van der Waals surface area contributed by atoms with Crippen LogP contribution in [0.3, 0.4) is 0 Å². The molecule has 1 heteroatoms. The van der Waals surface area contributed by atoms with Gasteiger partial charge in [0.25, 0.3) is 0 Å². The van der Waals surface area contributed by atoms with Crippen LogP contribution in [-0.2, 0) is 0 Å². The number of allylic oxidation sites excluding steroid dienone is 4. The molecular formula is C8H11Si. The Bertz CT molecular complexity index is 203. The van der Waals surface area contributed by atoms with E-state index in [2.05, 4.69) is 38.2 Å². The molecule has 0 saturated carbocycles. The highest BCUT2D eigenvalue weighted by Gasteiger charge is 1.98. The standard InChI is InChI=1S/C8H11Si/c1-7-4-5-8(6-7)9(2)3/h4,6H,1-3H3. The molecule has 1 rings (SSSR count). The first-order chi connectivity index (χ1) is 4.20. The summed E-state index contributed by atoms with van der Waals surface area (Å²) in [4.78, 5) is 0. The molecule has 0 saturated heterocycles. The predicted octanol–water partition coefficient (Wildman–Crippen LogP) is 1.81. The Balaban J connectivity index is 2.95. The van der Waals surface area contributed by atoms with E-state index in [9.17, 15) is 0 Å². The Kier molecular flexibility index (Phi) is 1.81. The van der Waals surface area contributed by atoms with Gasteiger partial charge in [0, 0.05) is 8.41 Å². The Labute approximate surface area is 58.1 Å². The minimum absolute atomic E-state index is 0.247. The quantitative estimate of drug-likeness (QED) is 0.444. The Morgan fingerprint density at radius 3 is 2.33 bits per heavy atom. The molecule has 0 atom stereocenters. The van der Waals surface area contributed by atoms with Gasteiger partial charge in [-0.2, -0.15) is 0 Å². The predicted molar refractivity (Wildman–Crippen MR) is 44.1 cm³/mol. The fourth-order valence-electron chi connectivity index (χ4n) is 0.791. The van der Waals surface area contributed by atoms with Crippen molar-refractivity contribution >= 4 is 13.6 Å². The van der Waals surface area contributed by atoms with Crippen molar-refractivity contribution in [3.63, 3.8) is 0 Å². The maximum absolute atomic E-state index is 3.25. The van der Waals surface area contributed by atoms with E-state index in [1.807, 2.05) is 0 Å². The minimum Gasteiger partial charge on any atom is -0.0562 e. The molecule has 0 aromatic carbocycles. The number of hydrogen-bond donors (Lipinski definition) is 0. The summed E-state index contributed by atoms with van der Waals surface area (Å²) in [7, 11) is -0.247. The van der Waals surface area contributed by atoms with Crippen molar-refractivity contribution in [3.05, 3.63) is 23.8 Å². The van der Waals surface area contributed by atoms with Crippen LogP contribution >= 0.6 is 0 Å². The number of hydrogen-bond acceptors (Lipinski definition) is 0. The fraction of sp³-hybridized carbons (Fsp3) is 0.375. The van der Waals surface area contributed by atoms with Crippen LogP contribution in [0.4, 0.5) is 0 Å². The van der Waals surface area contributed by atoms with E-state index in [4.69, 9.17) is 0 Å². The minimum atomic E-state index is -0.247. The topological polar surface area (TPSA) is 0 Å². The lowest BCUT2D eigenvalue weighted by Crippen LogP contribution is -2.00. The third-order valence-corrected chi connectivity index (χ3v) is 2.73. The fourth-order valence-corrected chi connectivity index (χ4v) is 1.67. The largest absolute Gasteiger partial charge is 0.0562 e. The maximum Gasteiger partial charge on any atom is 0.0136 e. The highest BCUT2D eigenvalue weighted by Crippen LogP contribution is 2.03. The summed E-state index contributed by atoms with van der Waals surface area (Å²) < 4.78 is 0. The van der Waals surface area contributed by atoms with Crippen LogP contribution in [0.15, 0.2) is 17.7 Å². The Morgan fingerprint density at radius 1 is 1.44 bits per heavy atom. The second-order valence-corrected chi connectivity index (χ2v) is 5.13. The van der Waals surface area contributed by atoms with Gasteiger partial charge < -0.3 is 0 Å². The maximum atomic E-state index is 3.25. The molecule has 0 unspecified atom stereocenters. The molecule has 47 valence electrons. The van der Waals surface area contributed by atoms with E-state index >= 15 is 0 Å². The smallest absolute Gasteiger partial charge is 0.0136 e. The normalized spacial score (nSPS) is 16.3. The van der Waals surface area contributed by atoms with Gasteiger partial charge in [0.05, 0.1) is 0 Å². The summed E-state index contributed by atoms with van der Waals surface area (Å²) in [5.74, 6) is 0. The van der Waals surface area contributed by atoms with Gasteiger partial charge in [-0.3, -0.25) is 0 Å². The van der Waals surface area contributed by atoms with Crippen LogP contribution < -0.4 is 0 Å². The van der Waals surface area contributed by atoms with Crippen molar-refractivity contribution in [2.75, 3.05) is 0 Å². The zero-order valence-corrected chi connectivity index (χ0v) is 7.15. The average molecular weight is 135 g/mol. The van der Waals surface area contributed by atoms with E-state index in [1.54, 1.807) is 0 Å². The summed E-state index contributed by atoms with van der Waals surface area (Å²) in [5.41, 5.74) is 1.34. The molecular weight excluding hydrogens is 124 g/mol. The SMILES string of the molecule is CC1=CC(=[Si](C)C)[C]=C1. The molecule has 0 aliphatic heterocycles. The second kappa shape index (κ2) is 2.44. The third kappa shape index (κ3) is 1.48. The lowest BCUT2D eigenvalue weighted by atomic mass is 10.3. The van der Waals surface area contributed by atoms with Crippen LogP contribution in [0.25, 0.3) is 0 Å². The van der Waals surface area contributed by atoms with Gasteiger partial charge in [-0.1, -0.05) is 30.8 Å². The lowest BCUT2D eigenvalue weighted by Gasteiger charge is -1.89. The zero-order valence-electron chi connectivity index (χ0n) is 6.15. The summed E-state index contributed by atoms with van der Waals surface area (Å²) in [6.45, 7) is 6.69. The zero-order chi connectivity index (χ0) is 6.85. The summed E-state index contributed by atoms with van der Waals surface area (Å²) in [6.07, 6.45) is 7.54. The van der Waals surface area contributed by atoms with Crippen molar-refractivity contribution < 1.29 is 0 Å². The molecule has 0 N–H and O–H groups in total. The van der Waals surface area contributed by atoms with Crippen LogP contribution in [0.5, 0.6) is 0 Å². The van der Waals surface area contributed by atoms with Crippen molar-refractivity contribution in [2.24, 2.45) is 0 Å². The molecule has 0 spiro atoms. The van der Waals surface area contributed by atoms with Gasteiger partial charge in [-0.25, -0.2) is 0 Å². The van der Waals surface area contributed by atoms with E-state index in [-0.39, 0.29) is 8.41 Å². The monoisotopic (exact) mass is 135 g/mol. The van der Waals surface area contributed by atoms with Crippen LogP contribution in [-0.4, -0.2) is 13.6 Å². The van der Waals surface area contributed by atoms with Gasteiger partial charge in [0.15, 0.2) is 0 Å². The van der Waals surface area contributed by atoms with Crippen LogP contribution in [0.1, 0.15) is 6.92 Å². The molecule has 0 fully saturated rings. The average Bonchev–Trinajstić information content (AvgIpc) is 2.14. The first-order valence-electron chi connectivity index (χ1n) is 3.15. The van der Waals surface area contributed by atoms with Gasteiger partial charge in [0.2, 0.25) is 0 Å². The molecule has 0 bridgehead atoms. The second-order valence-electron chi connectivity index (χ2n) is 2.59. The highest BCUT2D eigenvalue weighted by atomic mass is 28.2. The van der Waals surface area contributed by atoms with Crippen molar-refractivity contribution in [1.29, 1.82) is 0 Å². The van der Waals surface area contributed by atoms with Crippen LogP contribution in [0, 0.1) is 6.08 Å². The summed E-state index contributed by atoms with van der Waals surface area (Å²) >= 11 is 0. The molecule has 1 aliphatic rings. The first-order valence-corrected chi connectivity index (χ1v) is 5.65. The summed E-state index contributed by atoms with van der Waals surface area (Å²) in [6, 6.07) is 0. The van der Waals surface area contributed by atoms with Crippen molar-refractivity contribution in [2.45, 2.75) is 20.0 Å². The Morgan fingerprint density at radius 2 is 2.11 bits per heavy atom. The molecule has 0 nitrogen and oxygen atoms in total.